The van der Waals surface area contributed by atoms with Crippen LogP contribution in [0.1, 0.15) is 12.0 Å². The maximum Gasteiger partial charge on any atom is 0.459 e. The highest BCUT2D eigenvalue weighted by Crippen LogP contribution is 2.35. The van der Waals surface area contributed by atoms with E-state index in [0.717, 1.165) is 29.4 Å². The molecule has 25 heavy (non-hydrogen) atoms. The Kier molecular flexibility index (Phi) is 4.00. The van der Waals surface area contributed by atoms with Gasteiger partial charge in [0, 0.05) is 30.0 Å². The maximum absolute atomic E-state index is 10.3. The van der Waals surface area contributed by atoms with E-state index in [-0.39, 0.29) is 11.7 Å². The van der Waals surface area contributed by atoms with Crippen molar-refractivity contribution >= 4 is 16.6 Å². The van der Waals surface area contributed by atoms with Crippen molar-refractivity contribution in [2.75, 3.05) is 13.2 Å². The van der Waals surface area contributed by atoms with Crippen molar-refractivity contribution in [3.05, 3.63) is 47.1 Å². The molecule has 4 rings (SSSR count). The molecule has 1 aliphatic heterocycles. The number of rotatable bonds is 1. The number of aromatic hydroxyl groups is 1. The van der Waals surface area contributed by atoms with Crippen molar-refractivity contribution < 1.29 is 9.84 Å². The number of hydrogen-bond donors (Lipinski definition) is 1. The second kappa shape index (κ2) is 6.46. The van der Waals surface area contributed by atoms with E-state index in [1.165, 1.54) is 0 Å². The molecule has 1 aromatic carbocycles. The quantitative estimate of drug-likeness (QED) is 0.735. The lowest BCUT2D eigenvalue weighted by molar-refractivity contribution is 0.192. The molecule has 3 heterocycles. The summed E-state index contributed by atoms with van der Waals surface area (Å²) in [5.41, 5.74) is 2.23. The number of ether oxygens (including phenoxy) is 1. The first-order valence-corrected chi connectivity index (χ1v) is 8.17. The Morgan fingerprint density at radius 3 is 2.96 bits per heavy atom. The van der Waals surface area contributed by atoms with Crippen molar-refractivity contribution in [3.8, 4) is 23.1 Å². The van der Waals surface area contributed by atoms with Gasteiger partial charge in [-0.25, -0.2) is 0 Å². The number of phenolic OH excluding ortho intramolecular Hbond substituents is 1. The fourth-order valence-corrected chi connectivity index (χ4v) is 2.90. The lowest BCUT2D eigenvalue weighted by atomic mass is 10.0. The van der Waals surface area contributed by atoms with Crippen LogP contribution in [0.4, 0.5) is 5.82 Å². The van der Waals surface area contributed by atoms with Gasteiger partial charge in [0.25, 0.3) is 0 Å². The zero-order valence-corrected chi connectivity index (χ0v) is 13.8. The van der Waals surface area contributed by atoms with E-state index in [1.54, 1.807) is 18.5 Å². The van der Waals surface area contributed by atoms with Gasteiger partial charge in [0.15, 0.2) is 6.07 Å². The fraction of sp³-hybridized carbons (Fsp3) is 0.263. The molecule has 6 heteroatoms. The molecule has 1 unspecified atom stereocenters. The van der Waals surface area contributed by atoms with E-state index >= 15 is 0 Å². The van der Waals surface area contributed by atoms with E-state index in [2.05, 4.69) is 26.1 Å². The summed E-state index contributed by atoms with van der Waals surface area (Å²) in [6, 6.07) is 10.4. The van der Waals surface area contributed by atoms with Crippen LogP contribution in [0.15, 0.2) is 36.7 Å². The monoisotopic (exact) mass is 333 g/mol. The summed E-state index contributed by atoms with van der Waals surface area (Å²) in [5, 5.41) is 20.5. The third-order valence-corrected chi connectivity index (χ3v) is 4.25. The number of aromatic nitrogens is 3. The molecule has 0 bridgehead atoms. The molecule has 124 valence electrons. The number of fused-ring (bicyclic) bond motifs is 1. The van der Waals surface area contributed by atoms with Gasteiger partial charge in [-0.3, -0.25) is 4.98 Å². The number of aryl methyl sites for hydroxylation is 1. The molecule has 1 N–H and O–H groups in total. The summed E-state index contributed by atoms with van der Waals surface area (Å²) in [5.74, 6) is 0.845. The average Bonchev–Trinajstić information content (AvgIpc) is 3.14. The topological polar surface area (TPSA) is 72.5 Å². The lowest BCUT2D eigenvalue weighted by Crippen LogP contribution is -1.94. The number of benzene rings is 1. The van der Waals surface area contributed by atoms with E-state index in [9.17, 15) is 5.11 Å². The van der Waals surface area contributed by atoms with Gasteiger partial charge in [-0.05, 0) is 42.2 Å². The molecule has 1 atom stereocenters. The van der Waals surface area contributed by atoms with Crippen molar-refractivity contribution in [2.24, 2.45) is 5.92 Å². The zero-order valence-electron chi connectivity index (χ0n) is 13.8. The third kappa shape index (κ3) is 3.02. The highest BCUT2D eigenvalue weighted by Gasteiger charge is 2.21. The van der Waals surface area contributed by atoms with Crippen LogP contribution in [0.3, 0.4) is 0 Å². The molecule has 0 saturated carbocycles. The Morgan fingerprint density at radius 1 is 1.24 bits per heavy atom. The summed E-state index contributed by atoms with van der Waals surface area (Å²) in [6.07, 6.45) is 4.33. The molecule has 0 radical (unpaired) electrons. The van der Waals surface area contributed by atoms with Crippen LogP contribution in [0, 0.1) is 18.9 Å². The fourth-order valence-electron chi connectivity index (χ4n) is 2.90. The Balaban J connectivity index is 1.84. The summed E-state index contributed by atoms with van der Waals surface area (Å²) >= 11 is 0. The van der Waals surface area contributed by atoms with Crippen LogP contribution in [0.2, 0.25) is 0 Å². The molecule has 2 aromatic heterocycles. The Hall–Kier alpha value is -3.04. The van der Waals surface area contributed by atoms with E-state index in [0.29, 0.717) is 23.7 Å². The van der Waals surface area contributed by atoms with Gasteiger partial charge in [-0.15, -0.1) is 0 Å². The van der Waals surface area contributed by atoms with Gasteiger partial charge in [-0.2, -0.15) is 4.85 Å². The van der Waals surface area contributed by atoms with Gasteiger partial charge in [-0.1, -0.05) is 6.07 Å². The summed E-state index contributed by atoms with van der Waals surface area (Å²) in [6.45, 7) is 3.31. The first kappa shape index (κ1) is 15.5. The standard InChI is InChI=1S/C19H16N4O2/c1-12-2-3-15(17(24)8-12)18-14-4-6-20-10-16(14)19(23-22-18)21-9-13-5-7-25-11-13/h2-4,6,8,10,13H,5,7,11H2,1H3/p+1. The van der Waals surface area contributed by atoms with Crippen molar-refractivity contribution in [1.82, 2.24) is 15.2 Å². The minimum Gasteiger partial charge on any atom is -0.507 e. The molecule has 1 saturated heterocycles. The van der Waals surface area contributed by atoms with Crippen LogP contribution in [0.25, 0.3) is 26.9 Å². The average molecular weight is 333 g/mol. The SMILES string of the molecule is Cc1ccc(-c2nnc([N+]#CC3CCOC3)c3cnccc23)c(O)c1. The van der Waals surface area contributed by atoms with Crippen LogP contribution in [-0.4, -0.2) is 33.5 Å². The second-order valence-corrected chi connectivity index (χ2v) is 6.12. The molecular formula is C19H17N4O2+. The van der Waals surface area contributed by atoms with Gasteiger partial charge < -0.3 is 9.84 Å². The first-order valence-electron chi connectivity index (χ1n) is 8.17. The van der Waals surface area contributed by atoms with Crippen LogP contribution >= 0.6 is 0 Å². The second-order valence-electron chi connectivity index (χ2n) is 6.12. The largest absolute Gasteiger partial charge is 0.507 e. The molecule has 3 aromatic rings. The van der Waals surface area contributed by atoms with E-state index < -0.39 is 0 Å². The Morgan fingerprint density at radius 2 is 2.16 bits per heavy atom. The normalized spacial score (nSPS) is 16.6. The zero-order chi connectivity index (χ0) is 17.2. The molecule has 6 nitrogen and oxygen atoms in total. The van der Waals surface area contributed by atoms with Crippen LogP contribution < -0.4 is 0 Å². The Bertz CT molecular complexity index is 1000. The predicted octanol–water partition coefficient (Wildman–Crippen LogP) is 3.71. The minimum atomic E-state index is 0.179. The van der Waals surface area contributed by atoms with E-state index in [1.807, 2.05) is 25.1 Å². The van der Waals surface area contributed by atoms with Crippen molar-refractivity contribution in [3.63, 3.8) is 0 Å². The number of phenols is 1. The summed E-state index contributed by atoms with van der Waals surface area (Å²) < 4.78 is 5.33. The summed E-state index contributed by atoms with van der Waals surface area (Å²) in [4.78, 5) is 8.56. The van der Waals surface area contributed by atoms with Crippen molar-refractivity contribution in [2.45, 2.75) is 13.3 Å². The highest BCUT2D eigenvalue weighted by molar-refractivity contribution is 6.00. The minimum absolute atomic E-state index is 0.179. The number of pyridine rings is 1. The highest BCUT2D eigenvalue weighted by atomic mass is 16.5. The van der Waals surface area contributed by atoms with Crippen LogP contribution in [-0.2, 0) is 4.74 Å². The van der Waals surface area contributed by atoms with Gasteiger partial charge in [0.05, 0.1) is 17.6 Å². The first-order chi connectivity index (χ1) is 12.2. The molecule has 1 aliphatic rings. The number of nitrogens with zero attached hydrogens (tertiary/aromatic N) is 4. The molecule has 0 aliphatic carbocycles. The molecule has 1 fully saturated rings. The molecular weight excluding hydrogens is 316 g/mol. The number of hydrogen-bond acceptors (Lipinski definition) is 5. The van der Waals surface area contributed by atoms with Crippen molar-refractivity contribution in [1.29, 1.82) is 0 Å². The lowest BCUT2D eigenvalue weighted by Gasteiger charge is -2.05. The van der Waals surface area contributed by atoms with Crippen LogP contribution in [0.5, 0.6) is 5.75 Å². The van der Waals surface area contributed by atoms with Gasteiger partial charge >= 0.3 is 5.82 Å². The summed E-state index contributed by atoms with van der Waals surface area (Å²) in [7, 11) is 0. The van der Waals surface area contributed by atoms with E-state index in [4.69, 9.17) is 4.74 Å². The van der Waals surface area contributed by atoms with Gasteiger partial charge in [0.1, 0.15) is 16.8 Å². The maximum atomic E-state index is 10.3. The third-order valence-electron chi connectivity index (χ3n) is 4.25. The predicted molar refractivity (Wildman–Crippen MR) is 95.0 cm³/mol. The van der Waals surface area contributed by atoms with Gasteiger partial charge in [0.2, 0.25) is 0 Å². The smallest absolute Gasteiger partial charge is 0.459 e. The molecule has 0 amide bonds. The Labute approximate surface area is 144 Å². The molecule has 0 spiro atoms.